The van der Waals surface area contributed by atoms with Crippen LogP contribution in [0.1, 0.15) is 11.1 Å². The lowest BCUT2D eigenvalue weighted by Gasteiger charge is -2.10. The van der Waals surface area contributed by atoms with Gasteiger partial charge in [-0.15, -0.1) is 0 Å². The zero-order chi connectivity index (χ0) is 21.1. The van der Waals surface area contributed by atoms with Crippen LogP contribution < -0.4 is 10.1 Å². The minimum absolute atomic E-state index is 0.173. The maximum absolute atomic E-state index is 12.3. The number of H-pyrrole nitrogens is 1. The fourth-order valence-corrected chi connectivity index (χ4v) is 3.61. The summed E-state index contributed by atoms with van der Waals surface area (Å²) in [6.07, 6.45) is -0.680. The SMILES string of the molecule is CS(=O)(=O)c1ccc2[nH]cc(CCNCc3cccc(OCC(F)(F)F)c3)c2c1. The van der Waals surface area contributed by atoms with Crippen molar-refractivity contribution in [3.63, 3.8) is 0 Å². The van der Waals surface area contributed by atoms with Gasteiger partial charge in [0.1, 0.15) is 5.75 Å². The van der Waals surface area contributed by atoms with Gasteiger partial charge in [-0.1, -0.05) is 12.1 Å². The summed E-state index contributed by atoms with van der Waals surface area (Å²) in [6, 6.07) is 11.5. The second-order valence-corrected chi connectivity index (χ2v) is 8.79. The van der Waals surface area contributed by atoms with E-state index < -0.39 is 22.6 Å². The van der Waals surface area contributed by atoms with Gasteiger partial charge in [-0.05, 0) is 54.4 Å². The lowest BCUT2D eigenvalue weighted by atomic mass is 10.1. The molecule has 0 aliphatic carbocycles. The average Bonchev–Trinajstić information content (AvgIpc) is 3.05. The van der Waals surface area contributed by atoms with Crippen LogP contribution in [-0.4, -0.2) is 39.0 Å². The number of halogens is 3. The first-order chi connectivity index (χ1) is 13.6. The Morgan fingerprint density at radius 1 is 1.14 bits per heavy atom. The monoisotopic (exact) mass is 426 g/mol. The van der Waals surface area contributed by atoms with Gasteiger partial charge < -0.3 is 15.0 Å². The summed E-state index contributed by atoms with van der Waals surface area (Å²) in [4.78, 5) is 3.40. The zero-order valence-corrected chi connectivity index (χ0v) is 16.5. The summed E-state index contributed by atoms with van der Waals surface area (Å²) in [5.41, 5.74) is 2.66. The van der Waals surface area contributed by atoms with Crippen LogP contribution in [0.4, 0.5) is 13.2 Å². The number of nitrogens with one attached hydrogen (secondary N) is 2. The van der Waals surface area contributed by atoms with Gasteiger partial charge in [0, 0.05) is 29.9 Å². The normalized spacial score (nSPS) is 12.4. The van der Waals surface area contributed by atoms with Crippen molar-refractivity contribution < 1.29 is 26.3 Å². The summed E-state index contributed by atoms with van der Waals surface area (Å²) in [7, 11) is -3.28. The Kier molecular flexibility index (Phi) is 6.18. The Labute approximate surface area is 166 Å². The summed E-state index contributed by atoms with van der Waals surface area (Å²) >= 11 is 0. The first-order valence-corrected chi connectivity index (χ1v) is 10.8. The Morgan fingerprint density at radius 3 is 2.66 bits per heavy atom. The summed E-state index contributed by atoms with van der Waals surface area (Å²) in [5, 5.41) is 4.10. The van der Waals surface area contributed by atoms with E-state index in [1.54, 1.807) is 36.4 Å². The Hall–Kier alpha value is -2.52. The van der Waals surface area contributed by atoms with E-state index in [0.717, 1.165) is 22.0 Å². The van der Waals surface area contributed by atoms with Crippen molar-refractivity contribution in [2.24, 2.45) is 0 Å². The van der Waals surface area contributed by atoms with Crippen molar-refractivity contribution in [3.05, 3.63) is 59.8 Å². The molecule has 0 amide bonds. The quantitative estimate of drug-likeness (QED) is 0.537. The van der Waals surface area contributed by atoms with Crippen LogP contribution >= 0.6 is 0 Å². The molecule has 0 radical (unpaired) electrons. The van der Waals surface area contributed by atoms with E-state index in [-0.39, 0.29) is 10.6 Å². The number of aromatic amines is 1. The van der Waals surface area contributed by atoms with Gasteiger partial charge in [0.05, 0.1) is 4.90 Å². The second kappa shape index (κ2) is 8.46. The van der Waals surface area contributed by atoms with Crippen LogP contribution in [0.2, 0.25) is 0 Å². The van der Waals surface area contributed by atoms with Crippen molar-refractivity contribution >= 4 is 20.7 Å². The molecule has 5 nitrogen and oxygen atoms in total. The molecular weight excluding hydrogens is 405 g/mol. The minimum atomic E-state index is -4.37. The lowest BCUT2D eigenvalue weighted by Crippen LogP contribution is -2.19. The number of hydrogen-bond donors (Lipinski definition) is 2. The molecule has 2 N–H and O–H groups in total. The molecule has 0 aliphatic rings. The predicted molar refractivity (Wildman–Crippen MR) is 105 cm³/mol. The van der Waals surface area contributed by atoms with E-state index >= 15 is 0 Å². The molecule has 0 fully saturated rings. The number of rotatable bonds is 8. The highest BCUT2D eigenvalue weighted by molar-refractivity contribution is 7.90. The molecule has 0 unspecified atom stereocenters. The summed E-state index contributed by atoms with van der Waals surface area (Å²) < 4.78 is 65.0. The van der Waals surface area contributed by atoms with Gasteiger partial charge in [0.15, 0.2) is 16.4 Å². The third kappa shape index (κ3) is 5.98. The fourth-order valence-electron chi connectivity index (χ4n) is 2.96. The van der Waals surface area contributed by atoms with Crippen molar-refractivity contribution in [1.82, 2.24) is 10.3 Å². The molecule has 0 aliphatic heterocycles. The average molecular weight is 426 g/mol. The predicted octanol–water partition coefficient (Wildman–Crippen LogP) is 3.84. The molecule has 0 saturated carbocycles. The first kappa shape index (κ1) is 21.2. The van der Waals surface area contributed by atoms with Crippen molar-refractivity contribution in [1.29, 1.82) is 0 Å². The number of benzene rings is 2. The fraction of sp³-hybridized carbons (Fsp3) is 0.300. The molecular formula is C20H21F3N2O3S. The molecule has 156 valence electrons. The molecule has 9 heteroatoms. The van der Waals surface area contributed by atoms with Crippen LogP contribution in [0.5, 0.6) is 5.75 Å². The van der Waals surface area contributed by atoms with Gasteiger partial charge in [-0.25, -0.2) is 8.42 Å². The van der Waals surface area contributed by atoms with E-state index in [1.165, 1.54) is 12.3 Å². The standard InChI is InChI=1S/C20H21F3N2O3S/c1-29(26,27)17-5-6-19-18(10-17)15(12-25-19)7-8-24-11-14-3-2-4-16(9-14)28-13-20(21,22)23/h2-6,9-10,12,24-25H,7-8,11,13H2,1H3. The Balaban J connectivity index is 1.57. The number of sulfone groups is 1. The van der Waals surface area contributed by atoms with Crippen molar-refractivity contribution in [2.75, 3.05) is 19.4 Å². The maximum Gasteiger partial charge on any atom is 0.422 e. The smallest absolute Gasteiger partial charge is 0.422 e. The van der Waals surface area contributed by atoms with E-state index in [1.807, 2.05) is 6.20 Å². The highest BCUT2D eigenvalue weighted by Gasteiger charge is 2.28. The third-order valence-corrected chi connectivity index (χ3v) is 5.48. The molecule has 0 atom stereocenters. The minimum Gasteiger partial charge on any atom is -0.484 e. The molecule has 0 spiro atoms. The van der Waals surface area contributed by atoms with Crippen LogP contribution in [0.3, 0.4) is 0 Å². The molecule has 3 rings (SSSR count). The Bertz CT molecular complexity index is 1090. The molecule has 0 saturated heterocycles. The topological polar surface area (TPSA) is 71.2 Å². The van der Waals surface area contributed by atoms with Gasteiger partial charge >= 0.3 is 6.18 Å². The molecule has 1 aromatic heterocycles. The van der Waals surface area contributed by atoms with Crippen molar-refractivity contribution in [2.45, 2.75) is 24.0 Å². The van der Waals surface area contributed by atoms with E-state index in [4.69, 9.17) is 4.74 Å². The zero-order valence-electron chi connectivity index (χ0n) is 15.7. The Morgan fingerprint density at radius 2 is 1.93 bits per heavy atom. The van der Waals surface area contributed by atoms with Gasteiger partial charge in [-0.3, -0.25) is 0 Å². The number of alkyl halides is 3. The molecule has 0 bridgehead atoms. The number of ether oxygens (including phenoxy) is 1. The van der Waals surface area contributed by atoms with Crippen LogP contribution in [-0.2, 0) is 22.8 Å². The van der Waals surface area contributed by atoms with Gasteiger partial charge in [0.2, 0.25) is 0 Å². The van der Waals surface area contributed by atoms with E-state index in [9.17, 15) is 21.6 Å². The van der Waals surface area contributed by atoms with E-state index in [0.29, 0.717) is 19.5 Å². The molecule has 1 heterocycles. The lowest BCUT2D eigenvalue weighted by molar-refractivity contribution is -0.153. The van der Waals surface area contributed by atoms with Gasteiger partial charge in [-0.2, -0.15) is 13.2 Å². The number of aromatic nitrogens is 1. The molecule has 3 aromatic rings. The summed E-state index contributed by atoms with van der Waals surface area (Å²) in [6.45, 7) is -0.232. The van der Waals surface area contributed by atoms with Crippen molar-refractivity contribution in [3.8, 4) is 5.75 Å². The summed E-state index contributed by atoms with van der Waals surface area (Å²) in [5.74, 6) is 0.173. The van der Waals surface area contributed by atoms with E-state index in [2.05, 4.69) is 10.3 Å². The second-order valence-electron chi connectivity index (χ2n) is 6.77. The van der Waals surface area contributed by atoms with Crippen LogP contribution in [0, 0.1) is 0 Å². The maximum atomic E-state index is 12.3. The van der Waals surface area contributed by atoms with Crippen LogP contribution in [0.15, 0.2) is 53.6 Å². The first-order valence-electron chi connectivity index (χ1n) is 8.91. The largest absolute Gasteiger partial charge is 0.484 e. The van der Waals surface area contributed by atoms with Gasteiger partial charge in [0.25, 0.3) is 0 Å². The third-order valence-electron chi connectivity index (χ3n) is 4.37. The van der Waals surface area contributed by atoms with Crippen LogP contribution in [0.25, 0.3) is 10.9 Å². The molecule has 29 heavy (non-hydrogen) atoms. The highest BCUT2D eigenvalue weighted by atomic mass is 32.2. The highest BCUT2D eigenvalue weighted by Crippen LogP contribution is 2.23. The molecule has 2 aromatic carbocycles. The number of hydrogen-bond acceptors (Lipinski definition) is 4. The number of fused-ring (bicyclic) bond motifs is 1.